The summed E-state index contributed by atoms with van der Waals surface area (Å²) < 4.78 is 2.77. The lowest BCUT2D eigenvalue weighted by atomic mass is 9.88. The summed E-state index contributed by atoms with van der Waals surface area (Å²) in [5, 5.41) is 7.91. The molecule has 0 atom stereocenters. The van der Waals surface area contributed by atoms with Gasteiger partial charge in [-0.05, 0) is 66.8 Å². The molecule has 0 saturated heterocycles. The van der Waals surface area contributed by atoms with Crippen molar-refractivity contribution in [2.24, 2.45) is 0 Å². The van der Waals surface area contributed by atoms with E-state index in [4.69, 9.17) is 0 Å². The minimum absolute atomic E-state index is 0.0548. The monoisotopic (exact) mass is 630 g/mol. The minimum atomic E-state index is 0.0548. The maximum Gasteiger partial charge on any atom is 0.0437 e. The zero-order valence-electron chi connectivity index (χ0n) is 27.4. The normalized spacial score (nSPS) is 12.6. The average molecular weight is 631 g/mol. The molecule has 0 spiro atoms. The fraction of sp³-hybridized carbons (Fsp3) is 0.182. The van der Waals surface area contributed by atoms with E-state index in [9.17, 15) is 0 Å². The number of fused-ring (bicyclic) bond motifs is 4. The van der Waals surface area contributed by atoms with Gasteiger partial charge in [0.25, 0.3) is 0 Å². The second-order valence-electron chi connectivity index (χ2n) is 14.6. The summed E-state index contributed by atoms with van der Waals surface area (Å²) in [5.41, 5.74) is 8.00. The Bertz CT molecular complexity index is 2340. The van der Waals surface area contributed by atoms with Crippen LogP contribution in [0.25, 0.3) is 75.1 Å². The SMILES string of the molecule is CC(C)(C)c1cc2c(-c3cccc4ccccc34)c3sc(C(C)(C)C)cc3c(-c3ccc(-c4cccc5ccccc45)cc3)c2s1. The third-order valence-electron chi connectivity index (χ3n) is 9.27. The van der Waals surface area contributed by atoms with E-state index in [1.54, 1.807) is 0 Å². The van der Waals surface area contributed by atoms with E-state index < -0.39 is 0 Å². The van der Waals surface area contributed by atoms with Gasteiger partial charge in [-0.3, -0.25) is 0 Å². The smallest absolute Gasteiger partial charge is 0.0437 e. The summed E-state index contributed by atoms with van der Waals surface area (Å²) in [6.07, 6.45) is 0. The van der Waals surface area contributed by atoms with E-state index in [-0.39, 0.29) is 10.8 Å². The number of rotatable bonds is 3. The van der Waals surface area contributed by atoms with Crippen LogP contribution in [0.1, 0.15) is 51.3 Å². The Labute approximate surface area is 280 Å². The number of benzene rings is 6. The lowest BCUT2D eigenvalue weighted by molar-refractivity contribution is 0.604. The number of hydrogen-bond donors (Lipinski definition) is 0. The highest BCUT2D eigenvalue weighted by Gasteiger charge is 2.27. The summed E-state index contributed by atoms with van der Waals surface area (Å²) in [5.74, 6) is 0. The molecule has 0 radical (unpaired) electrons. The van der Waals surface area contributed by atoms with Crippen LogP contribution in [-0.2, 0) is 10.8 Å². The molecule has 0 aliphatic heterocycles. The molecule has 226 valence electrons. The molecule has 0 aliphatic carbocycles. The van der Waals surface area contributed by atoms with Crippen molar-refractivity contribution < 1.29 is 0 Å². The van der Waals surface area contributed by atoms with Crippen LogP contribution < -0.4 is 0 Å². The summed E-state index contributed by atoms with van der Waals surface area (Å²) in [7, 11) is 0. The quantitative estimate of drug-likeness (QED) is 0.182. The Hall–Kier alpha value is -4.24. The molecular formula is C44H38S2. The van der Waals surface area contributed by atoms with Crippen molar-refractivity contribution in [2.75, 3.05) is 0 Å². The molecule has 46 heavy (non-hydrogen) atoms. The van der Waals surface area contributed by atoms with Gasteiger partial charge in [-0.15, -0.1) is 22.7 Å². The first-order chi connectivity index (χ1) is 22.1. The molecule has 0 aliphatic rings. The fourth-order valence-corrected chi connectivity index (χ4v) is 9.40. The first-order valence-electron chi connectivity index (χ1n) is 16.2. The zero-order valence-corrected chi connectivity index (χ0v) is 29.0. The Morgan fingerprint density at radius 2 is 0.826 bits per heavy atom. The highest BCUT2D eigenvalue weighted by Crippen LogP contribution is 2.53. The summed E-state index contributed by atoms with van der Waals surface area (Å²) in [6, 6.07) is 45.3. The highest BCUT2D eigenvalue weighted by atomic mass is 32.1. The van der Waals surface area contributed by atoms with Gasteiger partial charge in [0.15, 0.2) is 0 Å². The Kier molecular flexibility index (Phi) is 6.76. The van der Waals surface area contributed by atoms with Gasteiger partial charge in [-0.2, -0.15) is 0 Å². The second-order valence-corrected chi connectivity index (χ2v) is 16.7. The van der Waals surface area contributed by atoms with Crippen molar-refractivity contribution in [3.05, 3.63) is 131 Å². The van der Waals surface area contributed by atoms with Crippen molar-refractivity contribution in [3.63, 3.8) is 0 Å². The summed E-state index contributed by atoms with van der Waals surface area (Å²) >= 11 is 3.96. The maximum absolute atomic E-state index is 2.50. The van der Waals surface area contributed by atoms with E-state index >= 15 is 0 Å². The van der Waals surface area contributed by atoms with Crippen molar-refractivity contribution in [1.29, 1.82) is 0 Å². The lowest BCUT2D eigenvalue weighted by Crippen LogP contribution is -2.07. The largest absolute Gasteiger partial charge is 0.139 e. The van der Waals surface area contributed by atoms with E-state index in [2.05, 4.69) is 163 Å². The van der Waals surface area contributed by atoms with Crippen LogP contribution in [-0.4, -0.2) is 0 Å². The lowest BCUT2D eigenvalue weighted by Gasteiger charge is -2.15. The number of hydrogen-bond acceptors (Lipinski definition) is 2. The molecule has 2 heterocycles. The van der Waals surface area contributed by atoms with Crippen LogP contribution in [0.2, 0.25) is 0 Å². The van der Waals surface area contributed by atoms with Gasteiger partial charge in [-0.25, -0.2) is 0 Å². The molecule has 0 nitrogen and oxygen atoms in total. The predicted octanol–water partition coefficient (Wildman–Crippen LogP) is 14.0. The fourth-order valence-electron chi connectivity index (χ4n) is 6.80. The first kappa shape index (κ1) is 29.2. The molecule has 0 saturated carbocycles. The van der Waals surface area contributed by atoms with Gasteiger partial charge in [-0.1, -0.05) is 151 Å². The van der Waals surface area contributed by atoms with Crippen molar-refractivity contribution in [2.45, 2.75) is 52.4 Å². The van der Waals surface area contributed by atoms with Gasteiger partial charge in [0.2, 0.25) is 0 Å². The van der Waals surface area contributed by atoms with Crippen molar-refractivity contribution >= 4 is 64.4 Å². The second kappa shape index (κ2) is 10.7. The van der Waals surface area contributed by atoms with Crippen molar-refractivity contribution in [3.8, 4) is 33.4 Å². The van der Waals surface area contributed by atoms with Crippen LogP contribution >= 0.6 is 22.7 Å². The zero-order chi connectivity index (χ0) is 31.8. The van der Waals surface area contributed by atoms with Crippen LogP contribution in [0.5, 0.6) is 0 Å². The molecular weight excluding hydrogens is 593 g/mol. The van der Waals surface area contributed by atoms with E-state index in [0.29, 0.717) is 0 Å². The first-order valence-corrected chi connectivity index (χ1v) is 17.8. The van der Waals surface area contributed by atoms with Crippen molar-refractivity contribution in [1.82, 2.24) is 0 Å². The van der Waals surface area contributed by atoms with Gasteiger partial charge in [0.05, 0.1) is 0 Å². The third-order valence-corrected chi connectivity index (χ3v) is 12.4. The standard InChI is InChI=1S/C44H38S2/c1-43(2,3)37-25-35-39(30-23-21-29(22-24-30)32-19-11-15-27-13-7-9-17-31(27)32)41-36(26-38(45-41)44(4,5)6)40(42(35)46-37)34-20-12-16-28-14-8-10-18-33(28)34/h7-26H,1-6H3. The number of thiophene rings is 2. The molecule has 0 amide bonds. The van der Waals surface area contributed by atoms with E-state index in [1.165, 1.54) is 84.9 Å². The molecule has 0 N–H and O–H groups in total. The van der Waals surface area contributed by atoms with Crippen LogP contribution in [0.15, 0.2) is 121 Å². The van der Waals surface area contributed by atoms with Crippen LogP contribution in [0.4, 0.5) is 0 Å². The molecule has 0 fully saturated rings. The molecule has 0 bridgehead atoms. The Balaban J connectivity index is 1.45. The molecule has 6 aromatic carbocycles. The van der Waals surface area contributed by atoms with Crippen LogP contribution in [0.3, 0.4) is 0 Å². The molecule has 2 heteroatoms. The Morgan fingerprint density at radius 3 is 1.39 bits per heavy atom. The molecule has 8 aromatic rings. The van der Waals surface area contributed by atoms with E-state index in [0.717, 1.165) is 0 Å². The highest BCUT2D eigenvalue weighted by molar-refractivity contribution is 7.22. The topological polar surface area (TPSA) is 0 Å². The summed E-state index contributed by atoms with van der Waals surface area (Å²) in [4.78, 5) is 2.85. The van der Waals surface area contributed by atoms with Gasteiger partial charge in [0.1, 0.15) is 0 Å². The van der Waals surface area contributed by atoms with Gasteiger partial charge in [0, 0.05) is 41.1 Å². The van der Waals surface area contributed by atoms with Crippen LogP contribution in [0, 0.1) is 0 Å². The van der Waals surface area contributed by atoms with E-state index in [1.807, 2.05) is 22.7 Å². The third kappa shape index (κ3) is 4.78. The molecule has 0 unspecified atom stereocenters. The predicted molar refractivity (Wildman–Crippen MR) is 206 cm³/mol. The summed E-state index contributed by atoms with van der Waals surface area (Å²) in [6.45, 7) is 14.0. The molecule has 2 aromatic heterocycles. The Morgan fingerprint density at radius 1 is 0.391 bits per heavy atom. The molecule has 8 rings (SSSR count). The average Bonchev–Trinajstić information content (AvgIpc) is 3.69. The van der Waals surface area contributed by atoms with Gasteiger partial charge >= 0.3 is 0 Å². The maximum atomic E-state index is 2.50. The minimum Gasteiger partial charge on any atom is -0.139 e. The van der Waals surface area contributed by atoms with Gasteiger partial charge < -0.3 is 0 Å².